The summed E-state index contributed by atoms with van der Waals surface area (Å²) < 4.78 is 53.5. The molecule has 2 aromatic carbocycles. The number of rotatable bonds is 5. The number of aromatic amines is 1. The molecule has 1 fully saturated rings. The van der Waals surface area contributed by atoms with Crippen molar-refractivity contribution in [2.45, 2.75) is 18.6 Å². The number of nitrogens with zero attached hydrogens (tertiary/aromatic N) is 4. The van der Waals surface area contributed by atoms with E-state index in [0.717, 1.165) is 29.7 Å². The Kier molecular flexibility index (Phi) is 6.24. The largest absolute Gasteiger partial charge is 0.431 e. The number of ketones is 1. The number of hydrogen-bond donors (Lipinski definition) is 2. The summed E-state index contributed by atoms with van der Waals surface area (Å²) in [6.07, 6.45) is -1.79. The molecule has 8 nitrogen and oxygen atoms in total. The van der Waals surface area contributed by atoms with Crippen LogP contribution in [-0.2, 0) is 17.4 Å². The van der Waals surface area contributed by atoms with E-state index in [0.29, 0.717) is 43.3 Å². The highest BCUT2D eigenvalue weighted by molar-refractivity contribution is 6.47. The number of carbonyl (C=O) groups is 2. The van der Waals surface area contributed by atoms with Gasteiger partial charge in [-0.15, -0.1) is 0 Å². The van der Waals surface area contributed by atoms with Gasteiger partial charge in [-0.05, 0) is 41.8 Å². The summed E-state index contributed by atoms with van der Waals surface area (Å²) in [5, 5.41) is 2.54. The van der Waals surface area contributed by atoms with Crippen molar-refractivity contribution in [3.8, 4) is 11.1 Å². The van der Waals surface area contributed by atoms with Gasteiger partial charge in [-0.3, -0.25) is 9.59 Å². The number of halogens is 4. The van der Waals surface area contributed by atoms with Crippen LogP contribution in [0, 0.1) is 5.82 Å². The minimum atomic E-state index is -4.72. The van der Waals surface area contributed by atoms with Gasteiger partial charge in [0, 0.05) is 36.6 Å². The number of Topliss-reactive ketones (excluding diaryl/α,β-unsaturated/α-hetero) is 1. The summed E-state index contributed by atoms with van der Waals surface area (Å²) in [7, 11) is 0. The van der Waals surface area contributed by atoms with Gasteiger partial charge in [0.2, 0.25) is 5.95 Å². The Labute approximate surface area is 225 Å². The molecule has 0 aliphatic carbocycles. The number of H-pyrrole nitrogens is 1. The average Bonchev–Trinajstić information content (AvgIpc) is 3.55. The van der Waals surface area contributed by atoms with Crippen molar-refractivity contribution in [2.24, 2.45) is 0 Å². The van der Waals surface area contributed by atoms with E-state index in [4.69, 9.17) is 0 Å². The molecule has 4 heterocycles. The van der Waals surface area contributed by atoms with Crippen LogP contribution < -0.4 is 15.1 Å². The monoisotopic (exact) mass is 550 g/mol. The van der Waals surface area contributed by atoms with Crippen LogP contribution in [0.2, 0.25) is 0 Å². The fraction of sp³-hybridized carbons (Fsp3) is 0.214. The van der Waals surface area contributed by atoms with Crippen LogP contribution in [0.4, 0.5) is 34.9 Å². The minimum Gasteiger partial charge on any atom is -0.364 e. The van der Waals surface area contributed by atoms with Crippen LogP contribution in [0.1, 0.15) is 21.7 Å². The number of hydrogen-bond acceptors (Lipinski definition) is 6. The van der Waals surface area contributed by atoms with Crippen LogP contribution in [0.25, 0.3) is 11.1 Å². The van der Waals surface area contributed by atoms with Gasteiger partial charge in [0.05, 0.1) is 18.4 Å². The van der Waals surface area contributed by atoms with E-state index in [1.54, 1.807) is 42.5 Å². The van der Waals surface area contributed by atoms with Gasteiger partial charge in [0.15, 0.2) is 5.82 Å². The normalized spacial score (nSPS) is 16.4. The number of benzene rings is 2. The van der Waals surface area contributed by atoms with Crippen LogP contribution in [0.5, 0.6) is 0 Å². The van der Waals surface area contributed by atoms with E-state index in [2.05, 4.69) is 25.2 Å². The maximum Gasteiger partial charge on any atom is 0.431 e. The number of carbonyl (C=O) groups excluding carboxylic acids is 2. The highest BCUT2D eigenvalue weighted by atomic mass is 19.4. The van der Waals surface area contributed by atoms with Crippen LogP contribution >= 0.6 is 0 Å². The van der Waals surface area contributed by atoms with Crippen molar-refractivity contribution >= 4 is 29.0 Å². The summed E-state index contributed by atoms with van der Waals surface area (Å²) in [6.45, 7) is 1.96. The Hall–Kier alpha value is -4.74. The Bertz CT molecular complexity index is 1590. The third-order valence-electron chi connectivity index (χ3n) is 7.12. The molecule has 12 heteroatoms. The van der Waals surface area contributed by atoms with Gasteiger partial charge in [-0.25, -0.2) is 14.4 Å². The van der Waals surface area contributed by atoms with E-state index in [9.17, 15) is 27.2 Å². The topological polar surface area (TPSA) is 94.2 Å². The lowest BCUT2D eigenvalue weighted by molar-refractivity contribution is -0.140. The molecular formula is C28H22F4N6O2. The standard InChI is InChI=1S/C28H22F4N6O2/c29-18-13-33-27(34-14-18)37-8-9-38-20(15-37)11-17-10-19(6-7-22(17)38)35-26(40)25(39)24-21(16-4-2-1-3-5-16)12-23(36-24)28(30,31)32/h1-7,10,12-14,20,36H,8-9,11,15H2,(H,35,40)/t20-/m1/s1. The summed E-state index contributed by atoms with van der Waals surface area (Å²) in [4.78, 5) is 40.4. The third-order valence-corrected chi connectivity index (χ3v) is 7.12. The molecule has 0 bridgehead atoms. The molecule has 6 rings (SSSR count). The predicted octanol–water partition coefficient (Wildman–Crippen LogP) is 4.70. The first-order valence-corrected chi connectivity index (χ1v) is 12.5. The second-order valence-corrected chi connectivity index (χ2v) is 9.66. The summed E-state index contributed by atoms with van der Waals surface area (Å²) in [5.41, 5.74) is 1.14. The summed E-state index contributed by atoms with van der Waals surface area (Å²) >= 11 is 0. The number of fused-ring (bicyclic) bond motifs is 3. The molecule has 0 radical (unpaired) electrons. The maximum absolute atomic E-state index is 13.4. The second-order valence-electron chi connectivity index (χ2n) is 9.66. The highest BCUT2D eigenvalue weighted by Gasteiger charge is 2.37. The first-order valence-electron chi connectivity index (χ1n) is 12.5. The van der Waals surface area contributed by atoms with E-state index in [1.807, 2.05) is 11.0 Å². The minimum absolute atomic E-state index is 0.00593. The lowest BCUT2D eigenvalue weighted by Gasteiger charge is -2.39. The van der Waals surface area contributed by atoms with Gasteiger partial charge >= 0.3 is 6.18 Å². The summed E-state index contributed by atoms with van der Waals surface area (Å²) in [6, 6.07) is 14.3. The quantitative estimate of drug-likeness (QED) is 0.213. The lowest BCUT2D eigenvalue weighted by Crippen LogP contribution is -2.52. The number of aromatic nitrogens is 3. The van der Waals surface area contributed by atoms with Gasteiger partial charge in [0.25, 0.3) is 11.7 Å². The number of amides is 1. The van der Waals surface area contributed by atoms with Crippen molar-refractivity contribution in [1.82, 2.24) is 15.0 Å². The average molecular weight is 551 g/mol. The summed E-state index contributed by atoms with van der Waals surface area (Å²) in [5.74, 6) is -2.21. The zero-order chi connectivity index (χ0) is 28.0. The first-order chi connectivity index (χ1) is 19.2. The highest BCUT2D eigenvalue weighted by Crippen LogP contribution is 2.37. The predicted molar refractivity (Wildman–Crippen MR) is 140 cm³/mol. The Balaban J connectivity index is 1.19. The molecular weight excluding hydrogens is 528 g/mol. The Morgan fingerprint density at radius 3 is 2.48 bits per heavy atom. The Morgan fingerprint density at radius 2 is 1.75 bits per heavy atom. The van der Waals surface area contributed by atoms with Crippen molar-refractivity contribution in [3.63, 3.8) is 0 Å². The van der Waals surface area contributed by atoms with Gasteiger partial charge in [-0.2, -0.15) is 13.2 Å². The van der Waals surface area contributed by atoms with E-state index in [1.165, 1.54) is 0 Å². The van der Waals surface area contributed by atoms with Crippen LogP contribution in [0.15, 0.2) is 67.0 Å². The molecule has 0 spiro atoms. The SMILES string of the molecule is O=C(Nc1ccc2c(c1)C[C@@H]1CN(c3ncc(F)cn3)CCN21)C(=O)c1[nH]c(C(F)(F)F)cc1-c1ccccc1. The van der Waals surface area contributed by atoms with Crippen molar-refractivity contribution in [2.75, 3.05) is 34.8 Å². The zero-order valence-corrected chi connectivity index (χ0v) is 20.9. The molecule has 2 aromatic heterocycles. The number of piperazine rings is 1. The number of alkyl halides is 3. The van der Waals surface area contributed by atoms with Gasteiger partial charge in [-0.1, -0.05) is 30.3 Å². The molecule has 40 heavy (non-hydrogen) atoms. The van der Waals surface area contributed by atoms with Crippen molar-refractivity contribution < 1.29 is 27.2 Å². The molecule has 1 saturated heterocycles. The van der Waals surface area contributed by atoms with Crippen LogP contribution in [-0.4, -0.2) is 52.3 Å². The van der Waals surface area contributed by atoms with Crippen molar-refractivity contribution in [3.05, 3.63) is 89.8 Å². The molecule has 0 saturated carbocycles. The van der Waals surface area contributed by atoms with Gasteiger partial charge in [0.1, 0.15) is 11.4 Å². The zero-order valence-electron chi connectivity index (χ0n) is 20.9. The molecule has 2 aliphatic rings. The number of nitrogens with one attached hydrogen (secondary N) is 2. The fourth-order valence-corrected chi connectivity index (χ4v) is 5.29. The first kappa shape index (κ1) is 25.5. The number of anilines is 3. The molecule has 1 amide bonds. The second kappa shape index (κ2) is 9.78. The van der Waals surface area contributed by atoms with Crippen LogP contribution in [0.3, 0.4) is 0 Å². The molecule has 4 aromatic rings. The molecule has 0 unspecified atom stereocenters. The van der Waals surface area contributed by atoms with E-state index in [-0.39, 0.29) is 11.6 Å². The van der Waals surface area contributed by atoms with Crippen molar-refractivity contribution in [1.29, 1.82) is 0 Å². The third kappa shape index (κ3) is 4.76. The molecule has 204 valence electrons. The Morgan fingerprint density at radius 1 is 1.00 bits per heavy atom. The van der Waals surface area contributed by atoms with Gasteiger partial charge < -0.3 is 20.1 Å². The smallest absolute Gasteiger partial charge is 0.364 e. The molecule has 1 atom stereocenters. The molecule has 2 N–H and O–H groups in total. The van der Waals surface area contributed by atoms with E-state index < -0.39 is 35.1 Å². The fourth-order valence-electron chi connectivity index (χ4n) is 5.29. The maximum atomic E-state index is 13.4. The lowest BCUT2D eigenvalue weighted by atomic mass is 10.0. The van der Waals surface area contributed by atoms with E-state index >= 15 is 0 Å². The molecule has 2 aliphatic heterocycles.